The summed E-state index contributed by atoms with van der Waals surface area (Å²) >= 11 is 0. The second kappa shape index (κ2) is 5.13. The van der Waals surface area contributed by atoms with Gasteiger partial charge in [0.25, 0.3) is 0 Å². The summed E-state index contributed by atoms with van der Waals surface area (Å²) in [6.45, 7) is 6.09. The molecule has 0 spiro atoms. The maximum atomic E-state index is 9.94. The van der Waals surface area contributed by atoms with E-state index in [1.54, 1.807) is 6.07 Å². The first-order valence-corrected chi connectivity index (χ1v) is 6.19. The largest absolute Gasteiger partial charge is 0.508 e. The van der Waals surface area contributed by atoms with E-state index in [0.717, 1.165) is 16.8 Å². The predicted octanol–water partition coefficient (Wildman–Crippen LogP) is 4.18. The van der Waals surface area contributed by atoms with Gasteiger partial charge in [0.1, 0.15) is 5.75 Å². The Balaban J connectivity index is 2.16. The molecule has 0 saturated heterocycles. The number of phenols is 1. The summed E-state index contributed by atoms with van der Waals surface area (Å²) in [6.07, 6.45) is 0. The fraction of sp³-hybridized carbons (Fsp3) is 0.250. The predicted molar refractivity (Wildman–Crippen MR) is 76.1 cm³/mol. The van der Waals surface area contributed by atoms with E-state index >= 15 is 0 Å². The average molecular weight is 241 g/mol. The summed E-state index contributed by atoms with van der Waals surface area (Å²) in [4.78, 5) is 0. The fourth-order valence-corrected chi connectivity index (χ4v) is 2.00. The molecule has 94 valence electrons. The van der Waals surface area contributed by atoms with Crippen LogP contribution in [0.15, 0.2) is 42.5 Å². The SMILES string of the molecule is Cc1ccc(NC(C)c2ccc(C)cc2O)cc1. The van der Waals surface area contributed by atoms with Crippen molar-refractivity contribution >= 4 is 5.69 Å². The van der Waals surface area contributed by atoms with Gasteiger partial charge in [0, 0.05) is 11.3 Å². The molecule has 2 rings (SSSR count). The average Bonchev–Trinajstić information content (AvgIpc) is 2.32. The second-order valence-corrected chi connectivity index (χ2v) is 4.79. The molecule has 0 aliphatic heterocycles. The van der Waals surface area contributed by atoms with Crippen molar-refractivity contribution in [3.63, 3.8) is 0 Å². The number of aromatic hydroxyl groups is 1. The highest BCUT2D eigenvalue weighted by atomic mass is 16.3. The highest BCUT2D eigenvalue weighted by Gasteiger charge is 2.09. The molecule has 0 aliphatic rings. The van der Waals surface area contributed by atoms with E-state index in [4.69, 9.17) is 0 Å². The van der Waals surface area contributed by atoms with Gasteiger partial charge < -0.3 is 10.4 Å². The van der Waals surface area contributed by atoms with Crippen molar-refractivity contribution in [2.45, 2.75) is 26.8 Å². The molecule has 2 heteroatoms. The number of phenolic OH excluding ortho intramolecular Hbond substituents is 1. The highest BCUT2D eigenvalue weighted by molar-refractivity contribution is 5.48. The van der Waals surface area contributed by atoms with Crippen molar-refractivity contribution in [2.75, 3.05) is 5.32 Å². The van der Waals surface area contributed by atoms with Crippen LogP contribution in [0.1, 0.15) is 29.7 Å². The van der Waals surface area contributed by atoms with Crippen molar-refractivity contribution < 1.29 is 5.11 Å². The highest BCUT2D eigenvalue weighted by Crippen LogP contribution is 2.27. The van der Waals surface area contributed by atoms with E-state index in [1.165, 1.54) is 5.56 Å². The van der Waals surface area contributed by atoms with Gasteiger partial charge in [-0.2, -0.15) is 0 Å². The Kier molecular flexibility index (Phi) is 3.56. The quantitative estimate of drug-likeness (QED) is 0.844. The van der Waals surface area contributed by atoms with E-state index in [0.29, 0.717) is 5.75 Å². The molecule has 1 unspecified atom stereocenters. The van der Waals surface area contributed by atoms with Crippen LogP contribution in [-0.2, 0) is 0 Å². The van der Waals surface area contributed by atoms with E-state index < -0.39 is 0 Å². The standard InChI is InChI=1S/C16H19NO/c1-11-4-7-14(8-5-11)17-13(3)15-9-6-12(2)10-16(15)18/h4-10,13,17-18H,1-3H3. The second-order valence-electron chi connectivity index (χ2n) is 4.79. The third-order valence-corrected chi connectivity index (χ3v) is 3.09. The summed E-state index contributed by atoms with van der Waals surface area (Å²) in [5.41, 5.74) is 4.29. The van der Waals surface area contributed by atoms with Gasteiger partial charge in [0.15, 0.2) is 0 Å². The maximum Gasteiger partial charge on any atom is 0.121 e. The van der Waals surface area contributed by atoms with Gasteiger partial charge in [-0.05, 0) is 44.5 Å². The Morgan fingerprint density at radius 3 is 2.17 bits per heavy atom. The Bertz CT molecular complexity index is 531. The summed E-state index contributed by atoms with van der Waals surface area (Å²) in [7, 11) is 0. The Morgan fingerprint density at radius 1 is 0.944 bits per heavy atom. The molecule has 2 aromatic carbocycles. The van der Waals surface area contributed by atoms with E-state index in [9.17, 15) is 5.11 Å². The lowest BCUT2D eigenvalue weighted by atomic mass is 10.0. The number of rotatable bonds is 3. The van der Waals surface area contributed by atoms with Gasteiger partial charge >= 0.3 is 0 Å². The van der Waals surface area contributed by atoms with Gasteiger partial charge in [-0.25, -0.2) is 0 Å². The van der Waals surface area contributed by atoms with Crippen LogP contribution >= 0.6 is 0 Å². The monoisotopic (exact) mass is 241 g/mol. The molecule has 2 aromatic rings. The van der Waals surface area contributed by atoms with Crippen LogP contribution in [-0.4, -0.2) is 5.11 Å². The molecule has 18 heavy (non-hydrogen) atoms. The third-order valence-electron chi connectivity index (χ3n) is 3.09. The molecular weight excluding hydrogens is 222 g/mol. The molecule has 0 amide bonds. The number of hydrogen-bond acceptors (Lipinski definition) is 2. The lowest BCUT2D eigenvalue weighted by molar-refractivity contribution is 0.465. The summed E-state index contributed by atoms with van der Waals surface area (Å²) in [6, 6.07) is 14.1. The Labute approximate surface area is 108 Å². The van der Waals surface area contributed by atoms with E-state index in [-0.39, 0.29) is 6.04 Å². The first kappa shape index (κ1) is 12.5. The zero-order valence-corrected chi connectivity index (χ0v) is 11.1. The molecular formula is C16H19NO. The first-order valence-electron chi connectivity index (χ1n) is 6.19. The molecule has 2 N–H and O–H groups in total. The van der Waals surface area contributed by atoms with Gasteiger partial charge in [-0.3, -0.25) is 0 Å². The van der Waals surface area contributed by atoms with Crippen LogP contribution in [0, 0.1) is 13.8 Å². The summed E-state index contributed by atoms with van der Waals surface area (Å²) < 4.78 is 0. The van der Waals surface area contributed by atoms with Gasteiger partial charge in [-0.1, -0.05) is 29.8 Å². The number of benzene rings is 2. The van der Waals surface area contributed by atoms with Crippen LogP contribution < -0.4 is 5.32 Å². The minimum absolute atomic E-state index is 0.0771. The zero-order chi connectivity index (χ0) is 13.1. The topological polar surface area (TPSA) is 32.3 Å². The minimum Gasteiger partial charge on any atom is -0.508 e. The van der Waals surface area contributed by atoms with Crippen LogP contribution in [0.4, 0.5) is 5.69 Å². The molecule has 1 atom stereocenters. The third kappa shape index (κ3) is 2.83. The zero-order valence-electron chi connectivity index (χ0n) is 11.1. The maximum absolute atomic E-state index is 9.94. The van der Waals surface area contributed by atoms with Crippen LogP contribution in [0.5, 0.6) is 5.75 Å². The lowest BCUT2D eigenvalue weighted by Gasteiger charge is -2.17. The van der Waals surface area contributed by atoms with Crippen molar-refractivity contribution in [3.8, 4) is 5.75 Å². The molecule has 0 bridgehead atoms. The van der Waals surface area contributed by atoms with Crippen molar-refractivity contribution in [2.24, 2.45) is 0 Å². The molecule has 0 aromatic heterocycles. The lowest BCUT2D eigenvalue weighted by Crippen LogP contribution is -2.06. The fourth-order valence-electron chi connectivity index (χ4n) is 2.00. The number of nitrogens with one attached hydrogen (secondary N) is 1. The molecule has 0 aliphatic carbocycles. The molecule has 2 nitrogen and oxygen atoms in total. The summed E-state index contributed by atoms with van der Waals surface area (Å²) in [5.74, 6) is 0.349. The number of hydrogen-bond donors (Lipinski definition) is 2. The van der Waals surface area contributed by atoms with Gasteiger partial charge in [0.05, 0.1) is 6.04 Å². The summed E-state index contributed by atoms with van der Waals surface area (Å²) in [5, 5.41) is 13.3. The number of anilines is 1. The minimum atomic E-state index is 0.0771. The Morgan fingerprint density at radius 2 is 1.56 bits per heavy atom. The Hall–Kier alpha value is -1.96. The first-order chi connectivity index (χ1) is 8.56. The van der Waals surface area contributed by atoms with Crippen LogP contribution in [0.25, 0.3) is 0 Å². The molecule has 0 saturated carbocycles. The van der Waals surface area contributed by atoms with Crippen molar-refractivity contribution in [3.05, 3.63) is 59.2 Å². The smallest absolute Gasteiger partial charge is 0.121 e. The van der Waals surface area contributed by atoms with Crippen LogP contribution in [0.3, 0.4) is 0 Å². The van der Waals surface area contributed by atoms with Crippen molar-refractivity contribution in [1.29, 1.82) is 0 Å². The molecule has 0 heterocycles. The van der Waals surface area contributed by atoms with Gasteiger partial charge in [0.2, 0.25) is 0 Å². The van der Waals surface area contributed by atoms with Gasteiger partial charge in [-0.15, -0.1) is 0 Å². The van der Waals surface area contributed by atoms with E-state index in [2.05, 4.69) is 36.5 Å². The van der Waals surface area contributed by atoms with Crippen LogP contribution in [0.2, 0.25) is 0 Å². The number of aryl methyl sites for hydroxylation is 2. The van der Waals surface area contributed by atoms with Crippen molar-refractivity contribution in [1.82, 2.24) is 0 Å². The van der Waals surface area contributed by atoms with E-state index in [1.807, 2.05) is 26.0 Å². The normalized spacial score (nSPS) is 12.2. The molecule has 0 radical (unpaired) electrons. The molecule has 0 fully saturated rings.